The van der Waals surface area contributed by atoms with Crippen LogP contribution in [-0.2, 0) is 4.79 Å². The fourth-order valence-electron chi connectivity index (χ4n) is 0.978. The number of hydrogen-bond acceptors (Lipinski definition) is 3. The van der Waals surface area contributed by atoms with Gasteiger partial charge < -0.3 is 15.8 Å². The maximum absolute atomic E-state index is 12.8. The minimum Gasteiger partial charge on any atom is -0.484 e. The summed E-state index contributed by atoms with van der Waals surface area (Å²) in [7, 11) is 0. The van der Waals surface area contributed by atoms with Crippen molar-refractivity contribution >= 4 is 17.5 Å². The predicted octanol–water partition coefficient (Wildman–Crippen LogP) is 0.933. The molecule has 1 aromatic carbocycles. The monoisotopic (exact) mass is 246 g/mol. The van der Waals surface area contributed by atoms with Crippen LogP contribution < -0.4 is 15.8 Å². The summed E-state index contributed by atoms with van der Waals surface area (Å²) in [5, 5.41) is 2.49. The topological polar surface area (TPSA) is 64.3 Å². The van der Waals surface area contributed by atoms with Gasteiger partial charge in [-0.2, -0.15) is 0 Å². The molecule has 0 spiro atoms. The van der Waals surface area contributed by atoms with Crippen molar-refractivity contribution in [2.75, 3.05) is 19.7 Å². The molecule has 0 bridgehead atoms. The van der Waals surface area contributed by atoms with Gasteiger partial charge in [0, 0.05) is 19.2 Å². The molecule has 0 heterocycles. The van der Waals surface area contributed by atoms with E-state index in [0.717, 1.165) is 0 Å². The lowest BCUT2D eigenvalue weighted by atomic mass is 10.3. The van der Waals surface area contributed by atoms with Gasteiger partial charge in [0.2, 0.25) is 0 Å². The van der Waals surface area contributed by atoms with E-state index < -0.39 is 5.82 Å². The minimum atomic E-state index is -0.526. The summed E-state index contributed by atoms with van der Waals surface area (Å²) in [6, 6.07) is 3.89. The number of benzene rings is 1. The van der Waals surface area contributed by atoms with Gasteiger partial charge in [0.15, 0.2) is 6.61 Å². The Morgan fingerprint density at radius 3 is 2.94 bits per heavy atom. The van der Waals surface area contributed by atoms with Crippen molar-refractivity contribution in [3.63, 3.8) is 0 Å². The zero-order valence-corrected chi connectivity index (χ0v) is 9.26. The summed E-state index contributed by atoms with van der Waals surface area (Å²) >= 11 is 5.54. The summed E-state index contributed by atoms with van der Waals surface area (Å²) in [6.45, 7) is 0.614. The second-order valence-corrected chi connectivity index (χ2v) is 3.41. The maximum atomic E-state index is 12.8. The third-order valence-corrected chi connectivity index (χ3v) is 2.02. The van der Waals surface area contributed by atoms with E-state index >= 15 is 0 Å². The van der Waals surface area contributed by atoms with E-state index in [0.29, 0.717) is 18.8 Å². The van der Waals surface area contributed by atoms with E-state index in [-0.39, 0.29) is 17.5 Å². The van der Waals surface area contributed by atoms with Crippen LogP contribution in [-0.4, -0.2) is 25.6 Å². The molecule has 0 aliphatic rings. The Hall–Kier alpha value is -1.33. The number of amides is 1. The van der Waals surface area contributed by atoms with E-state index in [1.54, 1.807) is 0 Å². The molecule has 0 saturated carbocycles. The van der Waals surface area contributed by atoms with Gasteiger partial charge in [0.25, 0.3) is 5.91 Å². The number of nitrogens with one attached hydrogen (secondary N) is 1. The molecule has 1 aromatic rings. The highest BCUT2D eigenvalue weighted by Crippen LogP contribution is 2.20. The van der Waals surface area contributed by atoms with Crippen LogP contribution in [0.15, 0.2) is 18.2 Å². The number of carbonyl (C=O) groups is 1. The minimum absolute atomic E-state index is 0.0418. The summed E-state index contributed by atoms with van der Waals surface area (Å²) in [6.07, 6.45) is 0. The lowest BCUT2D eigenvalue weighted by Gasteiger charge is -2.07. The Bertz CT molecular complexity index is 374. The average Bonchev–Trinajstić information content (AvgIpc) is 2.28. The molecule has 6 heteroatoms. The molecule has 88 valence electrons. The molecule has 0 aliphatic carbocycles. The number of nitrogens with two attached hydrogens (primary N) is 1. The van der Waals surface area contributed by atoms with Crippen molar-refractivity contribution in [1.29, 1.82) is 0 Å². The summed E-state index contributed by atoms with van der Waals surface area (Å²) in [5.74, 6) is -0.471. The highest BCUT2D eigenvalue weighted by Gasteiger charge is 2.04. The second kappa shape index (κ2) is 6.30. The molecule has 0 atom stereocenters. The largest absolute Gasteiger partial charge is 0.484 e. The van der Waals surface area contributed by atoms with Crippen LogP contribution >= 0.6 is 11.6 Å². The van der Waals surface area contributed by atoms with Crippen LogP contribution in [0.4, 0.5) is 4.39 Å². The SMILES string of the molecule is NCCNC(=O)COc1ccc(F)c(Cl)c1. The van der Waals surface area contributed by atoms with Crippen molar-refractivity contribution in [2.45, 2.75) is 0 Å². The molecule has 0 aliphatic heterocycles. The predicted molar refractivity (Wildman–Crippen MR) is 59.0 cm³/mol. The highest BCUT2D eigenvalue weighted by atomic mass is 35.5. The Labute approximate surface area is 97.5 Å². The molecule has 4 nitrogen and oxygen atoms in total. The summed E-state index contributed by atoms with van der Waals surface area (Å²) < 4.78 is 17.9. The second-order valence-electron chi connectivity index (χ2n) is 3.00. The van der Waals surface area contributed by atoms with Crippen molar-refractivity contribution in [2.24, 2.45) is 5.73 Å². The maximum Gasteiger partial charge on any atom is 0.257 e. The standard InChI is InChI=1S/C10H12ClFN2O2/c11-8-5-7(1-2-9(8)12)16-6-10(15)14-4-3-13/h1-2,5H,3-4,6,13H2,(H,14,15). The molecule has 16 heavy (non-hydrogen) atoms. The van der Waals surface area contributed by atoms with Gasteiger partial charge in [-0.25, -0.2) is 4.39 Å². The molecule has 1 rings (SSSR count). The van der Waals surface area contributed by atoms with Gasteiger partial charge >= 0.3 is 0 Å². The lowest BCUT2D eigenvalue weighted by Crippen LogP contribution is -2.32. The molecule has 0 aromatic heterocycles. The number of hydrogen-bond donors (Lipinski definition) is 2. The smallest absolute Gasteiger partial charge is 0.257 e. The van der Waals surface area contributed by atoms with Crippen molar-refractivity contribution in [3.05, 3.63) is 29.0 Å². The molecule has 0 unspecified atom stereocenters. The Morgan fingerprint density at radius 1 is 1.56 bits per heavy atom. The summed E-state index contributed by atoms with van der Waals surface area (Å²) in [5.41, 5.74) is 5.21. The molecule has 0 saturated heterocycles. The fraction of sp³-hybridized carbons (Fsp3) is 0.300. The van der Waals surface area contributed by atoms with E-state index in [2.05, 4.69) is 5.32 Å². The number of carbonyl (C=O) groups excluding carboxylic acids is 1. The number of ether oxygens (including phenoxy) is 1. The van der Waals surface area contributed by atoms with E-state index in [1.165, 1.54) is 18.2 Å². The molecule has 0 radical (unpaired) electrons. The summed E-state index contributed by atoms with van der Waals surface area (Å²) in [4.78, 5) is 11.1. The third-order valence-electron chi connectivity index (χ3n) is 1.73. The number of rotatable bonds is 5. The first kappa shape index (κ1) is 12.7. The van der Waals surface area contributed by atoms with Gasteiger partial charge in [-0.1, -0.05) is 11.6 Å². The molecule has 0 fully saturated rings. The first-order chi connectivity index (χ1) is 7.63. The van der Waals surface area contributed by atoms with Crippen LogP contribution in [0.3, 0.4) is 0 Å². The quantitative estimate of drug-likeness (QED) is 0.813. The zero-order valence-electron chi connectivity index (χ0n) is 8.50. The van der Waals surface area contributed by atoms with Crippen molar-refractivity contribution < 1.29 is 13.9 Å². The normalized spacial score (nSPS) is 9.94. The van der Waals surface area contributed by atoms with Gasteiger partial charge in [0.1, 0.15) is 11.6 Å². The molecule has 3 N–H and O–H groups in total. The van der Waals surface area contributed by atoms with E-state index in [4.69, 9.17) is 22.1 Å². The zero-order chi connectivity index (χ0) is 12.0. The van der Waals surface area contributed by atoms with Crippen molar-refractivity contribution in [1.82, 2.24) is 5.32 Å². The number of halogens is 2. The van der Waals surface area contributed by atoms with Gasteiger partial charge in [-0.05, 0) is 12.1 Å². The third kappa shape index (κ3) is 4.04. The van der Waals surface area contributed by atoms with Crippen molar-refractivity contribution in [3.8, 4) is 5.75 Å². The van der Waals surface area contributed by atoms with Gasteiger partial charge in [0.05, 0.1) is 5.02 Å². The Morgan fingerprint density at radius 2 is 2.31 bits per heavy atom. The molecule has 1 amide bonds. The van der Waals surface area contributed by atoms with Crippen LogP contribution in [0.25, 0.3) is 0 Å². The fourth-order valence-corrected chi connectivity index (χ4v) is 1.15. The lowest BCUT2D eigenvalue weighted by molar-refractivity contribution is -0.123. The van der Waals surface area contributed by atoms with Crippen LogP contribution in [0, 0.1) is 5.82 Å². The Balaban J connectivity index is 2.42. The molecular weight excluding hydrogens is 235 g/mol. The van der Waals surface area contributed by atoms with Gasteiger partial charge in [-0.15, -0.1) is 0 Å². The van der Waals surface area contributed by atoms with Crippen LogP contribution in [0.5, 0.6) is 5.75 Å². The first-order valence-electron chi connectivity index (χ1n) is 4.68. The van der Waals surface area contributed by atoms with Gasteiger partial charge in [-0.3, -0.25) is 4.79 Å². The average molecular weight is 247 g/mol. The van der Waals surface area contributed by atoms with Crippen LogP contribution in [0.2, 0.25) is 5.02 Å². The Kier molecular flexibility index (Phi) is 5.01. The van der Waals surface area contributed by atoms with E-state index in [1.807, 2.05) is 0 Å². The van der Waals surface area contributed by atoms with E-state index in [9.17, 15) is 9.18 Å². The highest BCUT2D eigenvalue weighted by molar-refractivity contribution is 6.30. The van der Waals surface area contributed by atoms with Crippen LogP contribution in [0.1, 0.15) is 0 Å². The first-order valence-corrected chi connectivity index (χ1v) is 5.06. The molecular formula is C10H12ClFN2O2.